The molecule has 0 radical (unpaired) electrons. The zero-order chi connectivity index (χ0) is 16.5. The van der Waals surface area contributed by atoms with Crippen molar-refractivity contribution in [3.8, 4) is 0 Å². The molecule has 0 spiro atoms. The molecule has 1 aromatic heterocycles. The summed E-state index contributed by atoms with van der Waals surface area (Å²) < 4.78 is 2.15. The van der Waals surface area contributed by atoms with Gasteiger partial charge < -0.3 is 14.8 Å². The van der Waals surface area contributed by atoms with Gasteiger partial charge in [-0.2, -0.15) is 0 Å². The van der Waals surface area contributed by atoms with Crippen LogP contribution in [0.3, 0.4) is 0 Å². The van der Waals surface area contributed by atoms with Crippen LogP contribution < -0.4 is 5.32 Å². The molecule has 0 saturated carbocycles. The average Bonchev–Trinajstić information content (AvgIpc) is 2.99. The van der Waals surface area contributed by atoms with Gasteiger partial charge in [0.1, 0.15) is 0 Å². The summed E-state index contributed by atoms with van der Waals surface area (Å²) in [6, 6.07) is 10.4. The van der Waals surface area contributed by atoms with Crippen molar-refractivity contribution in [2.45, 2.75) is 39.7 Å². The number of para-hydroxylation sites is 1. The lowest BCUT2D eigenvalue weighted by Crippen LogP contribution is -2.27. The highest BCUT2D eigenvalue weighted by Gasteiger charge is 2.04. The predicted octanol–water partition coefficient (Wildman–Crippen LogP) is 3.27. The van der Waals surface area contributed by atoms with Gasteiger partial charge in [-0.3, -0.25) is 4.79 Å². The van der Waals surface area contributed by atoms with E-state index in [1.54, 1.807) is 0 Å². The second kappa shape index (κ2) is 9.36. The molecule has 126 valence electrons. The lowest BCUT2D eigenvalue weighted by molar-refractivity contribution is -0.121. The second-order valence-electron chi connectivity index (χ2n) is 5.90. The van der Waals surface area contributed by atoms with Crippen molar-refractivity contribution in [2.24, 2.45) is 0 Å². The van der Waals surface area contributed by atoms with E-state index in [0.29, 0.717) is 6.42 Å². The van der Waals surface area contributed by atoms with E-state index in [2.05, 4.69) is 53.0 Å². The summed E-state index contributed by atoms with van der Waals surface area (Å²) in [5.74, 6) is 0.144. The SMILES string of the molecule is CCN(CC)CCCCNC(=O)CCn1ccc2ccccc21. The highest BCUT2D eigenvalue weighted by Crippen LogP contribution is 2.15. The third kappa shape index (κ3) is 5.39. The first kappa shape index (κ1) is 17.5. The molecule has 4 heteroatoms. The minimum Gasteiger partial charge on any atom is -0.356 e. The first-order valence-electron chi connectivity index (χ1n) is 8.77. The standard InChI is InChI=1S/C19H29N3O/c1-3-21(4-2)14-8-7-13-20-19(23)12-16-22-15-11-17-9-5-6-10-18(17)22/h5-6,9-11,15H,3-4,7-8,12-14,16H2,1-2H3,(H,20,23). The third-order valence-corrected chi connectivity index (χ3v) is 4.38. The predicted molar refractivity (Wildman–Crippen MR) is 96.6 cm³/mol. The zero-order valence-electron chi connectivity index (χ0n) is 14.4. The Morgan fingerprint density at radius 1 is 1.13 bits per heavy atom. The number of fused-ring (bicyclic) bond motifs is 1. The second-order valence-corrected chi connectivity index (χ2v) is 5.90. The van der Waals surface area contributed by atoms with E-state index in [4.69, 9.17) is 0 Å². The van der Waals surface area contributed by atoms with Crippen LogP contribution in [0, 0.1) is 0 Å². The molecular formula is C19H29N3O. The van der Waals surface area contributed by atoms with Gasteiger partial charge in [-0.25, -0.2) is 0 Å². The van der Waals surface area contributed by atoms with Gasteiger partial charge in [0, 0.05) is 31.2 Å². The fourth-order valence-electron chi connectivity index (χ4n) is 2.87. The Kier molecular flexibility index (Phi) is 7.14. The Morgan fingerprint density at radius 3 is 2.70 bits per heavy atom. The fraction of sp³-hybridized carbons (Fsp3) is 0.526. The highest BCUT2D eigenvalue weighted by molar-refractivity contribution is 5.80. The molecule has 0 bridgehead atoms. The van der Waals surface area contributed by atoms with Crippen LogP contribution >= 0.6 is 0 Å². The van der Waals surface area contributed by atoms with E-state index in [-0.39, 0.29) is 5.91 Å². The monoisotopic (exact) mass is 315 g/mol. The largest absolute Gasteiger partial charge is 0.356 e. The molecule has 0 unspecified atom stereocenters. The molecule has 0 aliphatic carbocycles. The minimum absolute atomic E-state index is 0.144. The van der Waals surface area contributed by atoms with Gasteiger partial charge in [-0.05, 0) is 50.0 Å². The number of nitrogens with one attached hydrogen (secondary N) is 1. The summed E-state index contributed by atoms with van der Waals surface area (Å²) in [6.45, 7) is 9.23. The van der Waals surface area contributed by atoms with E-state index < -0.39 is 0 Å². The average molecular weight is 315 g/mol. The molecule has 0 fully saturated rings. The Morgan fingerprint density at radius 2 is 1.91 bits per heavy atom. The van der Waals surface area contributed by atoms with Crippen LogP contribution in [0.5, 0.6) is 0 Å². The molecule has 1 aromatic carbocycles. The molecule has 1 heterocycles. The van der Waals surface area contributed by atoms with Crippen molar-refractivity contribution in [3.63, 3.8) is 0 Å². The Balaban J connectivity index is 1.64. The number of unbranched alkanes of at least 4 members (excludes halogenated alkanes) is 1. The van der Waals surface area contributed by atoms with Crippen molar-refractivity contribution in [3.05, 3.63) is 36.5 Å². The van der Waals surface area contributed by atoms with Gasteiger partial charge in [0.15, 0.2) is 0 Å². The number of hydrogen-bond donors (Lipinski definition) is 1. The summed E-state index contributed by atoms with van der Waals surface area (Å²) in [7, 11) is 0. The lowest BCUT2D eigenvalue weighted by atomic mass is 10.2. The number of carbonyl (C=O) groups is 1. The molecule has 23 heavy (non-hydrogen) atoms. The fourth-order valence-corrected chi connectivity index (χ4v) is 2.87. The number of aromatic nitrogens is 1. The number of hydrogen-bond acceptors (Lipinski definition) is 2. The van der Waals surface area contributed by atoms with Gasteiger partial charge in [0.05, 0.1) is 0 Å². The van der Waals surface area contributed by atoms with Crippen molar-refractivity contribution in [2.75, 3.05) is 26.2 Å². The number of nitrogens with zero attached hydrogens (tertiary/aromatic N) is 2. The third-order valence-electron chi connectivity index (χ3n) is 4.38. The van der Waals surface area contributed by atoms with Crippen LogP contribution in [0.15, 0.2) is 36.5 Å². The lowest BCUT2D eigenvalue weighted by Gasteiger charge is -2.17. The Bertz CT molecular complexity index is 601. The van der Waals surface area contributed by atoms with E-state index in [1.165, 1.54) is 10.9 Å². The summed E-state index contributed by atoms with van der Waals surface area (Å²) in [4.78, 5) is 14.4. The molecule has 0 saturated heterocycles. The molecule has 0 atom stereocenters. The van der Waals surface area contributed by atoms with E-state index in [9.17, 15) is 4.79 Å². The van der Waals surface area contributed by atoms with Gasteiger partial charge in [0.2, 0.25) is 5.91 Å². The number of amides is 1. The quantitative estimate of drug-likeness (QED) is 0.683. The van der Waals surface area contributed by atoms with Crippen LogP contribution in [-0.4, -0.2) is 41.6 Å². The molecule has 4 nitrogen and oxygen atoms in total. The first-order chi connectivity index (χ1) is 11.2. The zero-order valence-corrected chi connectivity index (χ0v) is 14.4. The number of aryl methyl sites for hydroxylation is 1. The van der Waals surface area contributed by atoms with Crippen LogP contribution in [0.4, 0.5) is 0 Å². The molecule has 2 aromatic rings. The Hall–Kier alpha value is -1.81. The van der Waals surface area contributed by atoms with Gasteiger partial charge in [-0.1, -0.05) is 32.0 Å². The molecular weight excluding hydrogens is 286 g/mol. The number of carbonyl (C=O) groups excluding carboxylic acids is 1. The van der Waals surface area contributed by atoms with Gasteiger partial charge in [-0.15, -0.1) is 0 Å². The maximum Gasteiger partial charge on any atom is 0.221 e. The van der Waals surface area contributed by atoms with Crippen molar-refractivity contribution < 1.29 is 4.79 Å². The molecule has 2 rings (SSSR count). The molecule has 0 aliphatic heterocycles. The van der Waals surface area contributed by atoms with Crippen LogP contribution in [0.25, 0.3) is 10.9 Å². The Labute approximate surface area is 139 Å². The summed E-state index contributed by atoms with van der Waals surface area (Å²) >= 11 is 0. The molecule has 1 amide bonds. The number of rotatable bonds is 10. The molecule has 1 N–H and O–H groups in total. The van der Waals surface area contributed by atoms with Crippen molar-refractivity contribution in [1.82, 2.24) is 14.8 Å². The van der Waals surface area contributed by atoms with Crippen molar-refractivity contribution >= 4 is 16.8 Å². The van der Waals surface area contributed by atoms with Crippen LogP contribution in [0.2, 0.25) is 0 Å². The highest BCUT2D eigenvalue weighted by atomic mass is 16.1. The number of benzene rings is 1. The smallest absolute Gasteiger partial charge is 0.221 e. The summed E-state index contributed by atoms with van der Waals surface area (Å²) in [5.41, 5.74) is 1.19. The van der Waals surface area contributed by atoms with Gasteiger partial charge in [0.25, 0.3) is 0 Å². The topological polar surface area (TPSA) is 37.3 Å². The summed E-state index contributed by atoms with van der Waals surface area (Å²) in [5, 5.41) is 4.26. The van der Waals surface area contributed by atoms with Crippen LogP contribution in [0.1, 0.15) is 33.1 Å². The minimum atomic E-state index is 0.144. The van der Waals surface area contributed by atoms with Crippen LogP contribution in [-0.2, 0) is 11.3 Å². The van der Waals surface area contributed by atoms with E-state index in [1.807, 2.05) is 12.1 Å². The normalized spacial score (nSPS) is 11.3. The maximum absolute atomic E-state index is 11.9. The molecule has 0 aliphatic rings. The first-order valence-corrected chi connectivity index (χ1v) is 8.77. The van der Waals surface area contributed by atoms with Gasteiger partial charge >= 0.3 is 0 Å². The summed E-state index contributed by atoms with van der Waals surface area (Å²) in [6.07, 6.45) is 4.79. The maximum atomic E-state index is 11.9. The van der Waals surface area contributed by atoms with E-state index in [0.717, 1.165) is 45.6 Å². The van der Waals surface area contributed by atoms with Crippen molar-refractivity contribution in [1.29, 1.82) is 0 Å². The van der Waals surface area contributed by atoms with E-state index >= 15 is 0 Å².